The van der Waals surface area contributed by atoms with Crippen LogP contribution in [-0.4, -0.2) is 36.6 Å². The van der Waals surface area contributed by atoms with E-state index in [0.29, 0.717) is 0 Å². The molecule has 0 aromatic heterocycles. The van der Waals surface area contributed by atoms with Gasteiger partial charge in [-0.15, -0.1) is 0 Å². The van der Waals surface area contributed by atoms with Gasteiger partial charge in [0.2, 0.25) is 0 Å². The van der Waals surface area contributed by atoms with Crippen molar-refractivity contribution in [1.29, 1.82) is 0 Å². The molecular weight excluding hydrogens is 196 g/mol. The van der Waals surface area contributed by atoms with E-state index in [1.807, 2.05) is 0 Å². The Kier molecular flexibility index (Phi) is 4.66. The molecule has 2 unspecified atom stereocenters. The van der Waals surface area contributed by atoms with Crippen molar-refractivity contribution in [3.8, 4) is 0 Å². The summed E-state index contributed by atoms with van der Waals surface area (Å²) in [5.74, 6) is 0.815. The summed E-state index contributed by atoms with van der Waals surface area (Å²) in [5, 5.41) is 3.71. The van der Waals surface area contributed by atoms with Crippen molar-refractivity contribution in [3.63, 3.8) is 0 Å². The van der Waals surface area contributed by atoms with Gasteiger partial charge in [-0.3, -0.25) is 0 Å². The highest BCUT2D eigenvalue weighted by Crippen LogP contribution is 2.25. The van der Waals surface area contributed by atoms with Crippen molar-refractivity contribution in [2.45, 2.75) is 64.5 Å². The van der Waals surface area contributed by atoms with Crippen LogP contribution < -0.4 is 5.32 Å². The molecule has 2 rings (SSSR count). The first-order valence-electron chi connectivity index (χ1n) is 7.27. The van der Waals surface area contributed by atoms with Gasteiger partial charge >= 0.3 is 0 Å². The lowest BCUT2D eigenvalue weighted by Crippen LogP contribution is -2.46. The minimum Gasteiger partial charge on any atom is -0.314 e. The van der Waals surface area contributed by atoms with Crippen molar-refractivity contribution in [1.82, 2.24) is 10.2 Å². The predicted molar refractivity (Wildman–Crippen MR) is 69.7 cm³/mol. The Bertz CT molecular complexity index is 199. The molecule has 94 valence electrons. The van der Waals surface area contributed by atoms with Crippen molar-refractivity contribution in [2.75, 3.05) is 19.6 Å². The maximum Gasteiger partial charge on any atom is 0.00953 e. The van der Waals surface area contributed by atoms with Crippen LogP contribution in [0.2, 0.25) is 0 Å². The molecule has 0 aromatic rings. The highest BCUT2D eigenvalue weighted by atomic mass is 15.2. The molecule has 1 heterocycles. The van der Waals surface area contributed by atoms with E-state index < -0.39 is 0 Å². The summed E-state index contributed by atoms with van der Waals surface area (Å²) in [6.07, 6.45) is 8.47. The van der Waals surface area contributed by atoms with E-state index in [2.05, 4.69) is 24.1 Å². The Labute approximate surface area is 101 Å². The van der Waals surface area contributed by atoms with Gasteiger partial charge in [0.25, 0.3) is 0 Å². The van der Waals surface area contributed by atoms with Crippen molar-refractivity contribution in [2.24, 2.45) is 5.92 Å². The topological polar surface area (TPSA) is 15.3 Å². The zero-order chi connectivity index (χ0) is 11.4. The third-order valence-corrected chi connectivity index (χ3v) is 4.40. The second-order valence-electron chi connectivity index (χ2n) is 5.84. The third kappa shape index (κ3) is 3.21. The Balaban J connectivity index is 1.90. The molecular formula is C14H28N2. The normalized spacial score (nSPS) is 34.9. The number of hydrogen-bond donors (Lipinski definition) is 1. The van der Waals surface area contributed by atoms with Crippen LogP contribution in [0.5, 0.6) is 0 Å². The van der Waals surface area contributed by atoms with Gasteiger partial charge in [-0.2, -0.15) is 0 Å². The van der Waals surface area contributed by atoms with E-state index in [4.69, 9.17) is 0 Å². The van der Waals surface area contributed by atoms with E-state index in [1.54, 1.807) is 0 Å². The summed E-state index contributed by atoms with van der Waals surface area (Å²) >= 11 is 0. The SMILES string of the molecule is CCC1CCN(C2CCCC2)CC(C)CN1. The zero-order valence-corrected chi connectivity index (χ0v) is 11.0. The molecule has 16 heavy (non-hydrogen) atoms. The van der Waals surface area contributed by atoms with Crippen LogP contribution in [0.1, 0.15) is 52.4 Å². The van der Waals surface area contributed by atoms with Gasteiger partial charge in [-0.05, 0) is 44.7 Å². The van der Waals surface area contributed by atoms with Gasteiger partial charge in [-0.1, -0.05) is 26.7 Å². The first-order chi connectivity index (χ1) is 7.79. The minimum absolute atomic E-state index is 0.756. The van der Waals surface area contributed by atoms with Gasteiger partial charge in [0, 0.05) is 18.6 Å². The molecule has 2 fully saturated rings. The van der Waals surface area contributed by atoms with Crippen LogP contribution in [0.25, 0.3) is 0 Å². The number of nitrogens with zero attached hydrogens (tertiary/aromatic N) is 1. The second-order valence-corrected chi connectivity index (χ2v) is 5.84. The van der Waals surface area contributed by atoms with Gasteiger partial charge in [0.1, 0.15) is 0 Å². The van der Waals surface area contributed by atoms with Gasteiger partial charge in [0.05, 0.1) is 0 Å². The van der Waals surface area contributed by atoms with Crippen molar-refractivity contribution >= 4 is 0 Å². The fourth-order valence-electron chi connectivity index (χ4n) is 3.30. The lowest BCUT2D eigenvalue weighted by atomic mass is 10.0. The van der Waals surface area contributed by atoms with Crippen molar-refractivity contribution in [3.05, 3.63) is 0 Å². The smallest absolute Gasteiger partial charge is 0.00953 e. The quantitative estimate of drug-likeness (QED) is 0.776. The summed E-state index contributed by atoms with van der Waals surface area (Å²) in [6.45, 7) is 8.55. The van der Waals surface area contributed by atoms with Crippen LogP contribution in [0.15, 0.2) is 0 Å². The monoisotopic (exact) mass is 224 g/mol. The Morgan fingerprint density at radius 2 is 1.94 bits per heavy atom. The molecule has 2 aliphatic rings. The summed E-state index contributed by atoms with van der Waals surface area (Å²) in [4.78, 5) is 2.79. The number of rotatable bonds is 2. The van der Waals surface area contributed by atoms with E-state index in [1.165, 1.54) is 58.2 Å². The minimum atomic E-state index is 0.756. The van der Waals surface area contributed by atoms with Gasteiger partial charge < -0.3 is 10.2 Å². The molecule has 2 heteroatoms. The maximum absolute atomic E-state index is 3.71. The average molecular weight is 224 g/mol. The van der Waals surface area contributed by atoms with Crippen molar-refractivity contribution < 1.29 is 0 Å². The van der Waals surface area contributed by atoms with E-state index >= 15 is 0 Å². The molecule has 0 aromatic carbocycles. The lowest BCUT2D eigenvalue weighted by molar-refractivity contribution is 0.146. The molecule has 1 aliphatic carbocycles. The first kappa shape index (κ1) is 12.4. The highest BCUT2D eigenvalue weighted by Gasteiger charge is 2.25. The molecule has 1 saturated carbocycles. The zero-order valence-electron chi connectivity index (χ0n) is 11.0. The van der Waals surface area contributed by atoms with E-state index in [9.17, 15) is 0 Å². The van der Waals surface area contributed by atoms with Crippen LogP contribution in [0.3, 0.4) is 0 Å². The lowest BCUT2D eigenvalue weighted by Gasteiger charge is -2.35. The summed E-state index contributed by atoms with van der Waals surface area (Å²) in [5.41, 5.74) is 0. The fraction of sp³-hybridized carbons (Fsp3) is 1.00. The maximum atomic E-state index is 3.71. The van der Waals surface area contributed by atoms with Crippen LogP contribution in [0.4, 0.5) is 0 Å². The fourth-order valence-corrected chi connectivity index (χ4v) is 3.30. The average Bonchev–Trinajstić information content (AvgIpc) is 2.77. The molecule has 0 spiro atoms. The molecule has 2 atom stereocenters. The van der Waals surface area contributed by atoms with E-state index in [0.717, 1.165) is 18.0 Å². The van der Waals surface area contributed by atoms with Crippen LogP contribution in [-0.2, 0) is 0 Å². The molecule has 1 saturated heterocycles. The molecule has 2 nitrogen and oxygen atoms in total. The Morgan fingerprint density at radius 3 is 2.62 bits per heavy atom. The number of nitrogens with one attached hydrogen (secondary N) is 1. The first-order valence-corrected chi connectivity index (χ1v) is 7.27. The van der Waals surface area contributed by atoms with Gasteiger partial charge in [0.15, 0.2) is 0 Å². The Hall–Kier alpha value is -0.0800. The third-order valence-electron chi connectivity index (χ3n) is 4.40. The molecule has 1 aliphatic heterocycles. The summed E-state index contributed by atoms with van der Waals surface area (Å²) in [7, 11) is 0. The largest absolute Gasteiger partial charge is 0.314 e. The molecule has 0 radical (unpaired) electrons. The van der Waals surface area contributed by atoms with E-state index in [-0.39, 0.29) is 0 Å². The van der Waals surface area contributed by atoms with Crippen LogP contribution >= 0.6 is 0 Å². The Morgan fingerprint density at radius 1 is 1.19 bits per heavy atom. The second kappa shape index (κ2) is 6.02. The molecule has 0 bridgehead atoms. The molecule has 0 amide bonds. The van der Waals surface area contributed by atoms with Crippen LogP contribution in [0, 0.1) is 5.92 Å². The standard InChI is InChI=1S/C14H28N2/c1-3-13-8-9-16(11-12(2)10-15-13)14-6-4-5-7-14/h12-15H,3-11H2,1-2H3. The summed E-state index contributed by atoms with van der Waals surface area (Å²) < 4.78 is 0. The highest BCUT2D eigenvalue weighted by molar-refractivity contribution is 4.82. The summed E-state index contributed by atoms with van der Waals surface area (Å²) in [6, 6.07) is 1.67. The predicted octanol–water partition coefficient (Wildman–Crippen LogP) is 2.64. The number of hydrogen-bond acceptors (Lipinski definition) is 2. The molecule has 1 N–H and O–H groups in total. The van der Waals surface area contributed by atoms with Gasteiger partial charge in [-0.25, -0.2) is 0 Å².